The van der Waals surface area contributed by atoms with Crippen LogP contribution in [0.15, 0.2) is 30.3 Å². The first-order valence-corrected chi connectivity index (χ1v) is 9.53. The highest BCUT2D eigenvalue weighted by Gasteiger charge is 2.31. The summed E-state index contributed by atoms with van der Waals surface area (Å²) in [7, 11) is 1.70. The molecule has 7 nitrogen and oxygen atoms in total. The molecule has 4 rings (SSSR count). The lowest BCUT2D eigenvalue weighted by Crippen LogP contribution is -2.46. The van der Waals surface area contributed by atoms with Crippen LogP contribution in [0.2, 0.25) is 0 Å². The van der Waals surface area contributed by atoms with E-state index in [1.165, 1.54) is 5.56 Å². The summed E-state index contributed by atoms with van der Waals surface area (Å²) >= 11 is 0. The van der Waals surface area contributed by atoms with E-state index in [4.69, 9.17) is 10.5 Å². The van der Waals surface area contributed by atoms with Crippen LogP contribution in [-0.4, -0.2) is 59.4 Å². The van der Waals surface area contributed by atoms with Gasteiger partial charge in [0.25, 0.3) is 0 Å². The summed E-state index contributed by atoms with van der Waals surface area (Å²) in [5.74, 6) is 2.43. The van der Waals surface area contributed by atoms with Crippen LogP contribution in [0.4, 0.5) is 11.8 Å². The largest absolute Gasteiger partial charge is 0.497 e. The summed E-state index contributed by atoms with van der Waals surface area (Å²) in [6.45, 7) is 4.68. The average molecular weight is 369 g/mol. The summed E-state index contributed by atoms with van der Waals surface area (Å²) in [5.41, 5.74) is 8.16. The number of ether oxygens (including phenoxy) is 1. The van der Waals surface area contributed by atoms with E-state index in [0.29, 0.717) is 11.9 Å². The third-order valence-electron chi connectivity index (χ3n) is 5.52. The number of aromatic nitrogens is 2. The molecule has 1 saturated carbocycles. The SMILES string of the molecule is COc1cccc(CN2CCN(c3cc(C4CC(O)C4)nc(N)n3)CC2)c1. The third-order valence-corrected chi connectivity index (χ3v) is 5.52. The minimum Gasteiger partial charge on any atom is -0.497 e. The molecule has 2 fully saturated rings. The Morgan fingerprint density at radius 2 is 1.93 bits per heavy atom. The zero-order valence-electron chi connectivity index (χ0n) is 15.7. The monoisotopic (exact) mass is 369 g/mol. The van der Waals surface area contributed by atoms with Gasteiger partial charge in [0.1, 0.15) is 11.6 Å². The fourth-order valence-corrected chi connectivity index (χ4v) is 3.84. The maximum atomic E-state index is 9.55. The molecule has 27 heavy (non-hydrogen) atoms. The number of nitrogens with two attached hydrogens (primary N) is 1. The minimum absolute atomic E-state index is 0.199. The Labute approximate surface area is 159 Å². The fourth-order valence-electron chi connectivity index (χ4n) is 3.84. The van der Waals surface area contributed by atoms with Crippen molar-refractivity contribution in [3.8, 4) is 5.75 Å². The van der Waals surface area contributed by atoms with Gasteiger partial charge in [-0.3, -0.25) is 4.90 Å². The molecule has 0 unspecified atom stereocenters. The van der Waals surface area contributed by atoms with Gasteiger partial charge in [-0.25, -0.2) is 4.98 Å². The summed E-state index contributed by atoms with van der Waals surface area (Å²) in [5, 5.41) is 9.55. The van der Waals surface area contributed by atoms with Crippen molar-refractivity contribution in [2.24, 2.45) is 0 Å². The Morgan fingerprint density at radius 3 is 2.63 bits per heavy atom. The Bertz CT molecular complexity index is 786. The van der Waals surface area contributed by atoms with Crippen molar-refractivity contribution >= 4 is 11.8 Å². The number of benzene rings is 1. The molecule has 1 aromatic heterocycles. The molecule has 1 aliphatic heterocycles. The normalized spacial score (nSPS) is 23.1. The summed E-state index contributed by atoms with van der Waals surface area (Å²) in [6, 6.07) is 10.3. The standard InChI is InChI=1S/C20H27N5O2/c1-27-17-4-2-3-14(9-17)13-24-5-7-25(8-6-24)19-12-18(22-20(21)23-19)15-10-16(26)11-15/h2-4,9,12,15-16,26H,5-8,10-11,13H2,1H3,(H2,21,22,23). The van der Waals surface area contributed by atoms with E-state index in [-0.39, 0.29) is 6.10 Å². The molecule has 0 amide bonds. The van der Waals surface area contributed by atoms with E-state index in [9.17, 15) is 5.11 Å². The maximum absolute atomic E-state index is 9.55. The predicted octanol–water partition coefficient (Wildman–Crippen LogP) is 1.63. The molecule has 1 saturated heterocycles. The van der Waals surface area contributed by atoms with Crippen molar-refractivity contribution in [1.29, 1.82) is 0 Å². The van der Waals surface area contributed by atoms with Crippen LogP contribution in [0.3, 0.4) is 0 Å². The van der Waals surface area contributed by atoms with E-state index in [2.05, 4.69) is 31.9 Å². The van der Waals surface area contributed by atoms with Crippen LogP contribution >= 0.6 is 0 Å². The predicted molar refractivity (Wildman–Crippen MR) is 105 cm³/mol. The lowest BCUT2D eigenvalue weighted by atomic mass is 9.80. The van der Waals surface area contributed by atoms with E-state index in [1.54, 1.807) is 7.11 Å². The summed E-state index contributed by atoms with van der Waals surface area (Å²) in [4.78, 5) is 13.5. The number of aliphatic hydroxyl groups excluding tert-OH is 1. The van der Waals surface area contributed by atoms with Gasteiger partial charge < -0.3 is 20.5 Å². The van der Waals surface area contributed by atoms with Crippen LogP contribution in [0.1, 0.15) is 30.0 Å². The summed E-state index contributed by atoms with van der Waals surface area (Å²) in [6.07, 6.45) is 1.34. The Balaban J connectivity index is 1.37. The molecule has 0 spiro atoms. The van der Waals surface area contributed by atoms with Crippen LogP contribution in [0, 0.1) is 0 Å². The van der Waals surface area contributed by atoms with Crippen molar-refractivity contribution in [1.82, 2.24) is 14.9 Å². The van der Waals surface area contributed by atoms with E-state index < -0.39 is 0 Å². The number of hydrogen-bond acceptors (Lipinski definition) is 7. The van der Waals surface area contributed by atoms with Gasteiger partial charge in [-0.15, -0.1) is 0 Å². The molecular weight excluding hydrogens is 342 g/mol. The highest BCUT2D eigenvalue weighted by Crippen LogP contribution is 2.37. The highest BCUT2D eigenvalue weighted by molar-refractivity contribution is 5.45. The number of anilines is 2. The second-order valence-electron chi connectivity index (χ2n) is 7.45. The van der Waals surface area contributed by atoms with Crippen LogP contribution < -0.4 is 15.4 Å². The van der Waals surface area contributed by atoms with Gasteiger partial charge in [-0.1, -0.05) is 12.1 Å². The number of rotatable bonds is 5. The molecule has 1 aromatic carbocycles. The lowest BCUT2D eigenvalue weighted by molar-refractivity contribution is 0.0732. The summed E-state index contributed by atoms with van der Waals surface area (Å²) < 4.78 is 5.31. The number of hydrogen-bond donors (Lipinski definition) is 2. The van der Waals surface area contributed by atoms with Gasteiger partial charge >= 0.3 is 0 Å². The Morgan fingerprint density at radius 1 is 1.15 bits per heavy atom. The topological polar surface area (TPSA) is 87.7 Å². The molecule has 2 aliphatic rings. The number of nitrogen functional groups attached to an aromatic ring is 1. The third kappa shape index (κ3) is 4.14. The molecule has 0 bridgehead atoms. The second-order valence-corrected chi connectivity index (χ2v) is 7.45. The van der Waals surface area contributed by atoms with Crippen LogP contribution in [0.5, 0.6) is 5.75 Å². The zero-order valence-corrected chi connectivity index (χ0v) is 15.7. The molecule has 7 heteroatoms. The highest BCUT2D eigenvalue weighted by atomic mass is 16.5. The van der Waals surface area contributed by atoms with Crippen molar-refractivity contribution in [2.45, 2.75) is 31.4 Å². The van der Waals surface area contributed by atoms with E-state index >= 15 is 0 Å². The van der Waals surface area contributed by atoms with Gasteiger partial charge in [0.05, 0.1) is 18.9 Å². The molecule has 144 valence electrons. The van der Waals surface area contributed by atoms with Crippen molar-refractivity contribution < 1.29 is 9.84 Å². The molecule has 3 N–H and O–H groups in total. The lowest BCUT2D eigenvalue weighted by Gasteiger charge is -2.36. The number of methoxy groups -OCH3 is 1. The van der Waals surface area contributed by atoms with Crippen molar-refractivity contribution in [3.05, 3.63) is 41.6 Å². The van der Waals surface area contributed by atoms with E-state index in [0.717, 1.165) is 62.8 Å². The second kappa shape index (κ2) is 7.70. The van der Waals surface area contributed by atoms with Gasteiger partial charge in [0.15, 0.2) is 0 Å². The molecular formula is C20H27N5O2. The number of piperazine rings is 1. The Hall–Kier alpha value is -2.38. The number of aliphatic hydroxyl groups is 1. The Kier molecular flexibility index (Phi) is 5.13. The molecule has 1 aliphatic carbocycles. The van der Waals surface area contributed by atoms with Gasteiger partial charge in [-0.05, 0) is 30.5 Å². The molecule has 0 atom stereocenters. The smallest absolute Gasteiger partial charge is 0.222 e. The van der Waals surface area contributed by atoms with Crippen molar-refractivity contribution in [3.63, 3.8) is 0 Å². The number of nitrogens with zero attached hydrogens (tertiary/aromatic N) is 4. The quantitative estimate of drug-likeness (QED) is 0.828. The maximum Gasteiger partial charge on any atom is 0.222 e. The van der Waals surface area contributed by atoms with Gasteiger partial charge in [-0.2, -0.15) is 4.98 Å². The zero-order chi connectivity index (χ0) is 18.8. The van der Waals surface area contributed by atoms with Crippen molar-refractivity contribution in [2.75, 3.05) is 43.9 Å². The fraction of sp³-hybridized carbons (Fsp3) is 0.500. The van der Waals surface area contributed by atoms with E-state index in [1.807, 2.05) is 18.2 Å². The first kappa shape index (κ1) is 18.0. The van der Waals surface area contributed by atoms with Crippen LogP contribution in [0.25, 0.3) is 0 Å². The first-order valence-electron chi connectivity index (χ1n) is 9.53. The average Bonchev–Trinajstić information content (AvgIpc) is 2.66. The molecule has 2 heterocycles. The van der Waals surface area contributed by atoms with Gasteiger partial charge in [0, 0.05) is 44.7 Å². The van der Waals surface area contributed by atoms with Crippen LogP contribution in [-0.2, 0) is 6.54 Å². The minimum atomic E-state index is -0.199. The molecule has 2 aromatic rings. The molecule has 0 radical (unpaired) electrons. The first-order chi connectivity index (χ1) is 13.1. The van der Waals surface area contributed by atoms with Gasteiger partial charge in [0.2, 0.25) is 5.95 Å².